The topological polar surface area (TPSA) is 112 Å². The van der Waals surface area contributed by atoms with Crippen LogP contribution in [-0.2, 0) is 28.6 Å². The van der Waals surface area contributed by atoms with E-state index in [1.54, 1.807) is 19.9 Å². The average molecular weight is 483 g/mol. The van der Waals surface area contributed by atoms with E-state index in [1.165, 1.54) is 31.8 Å². The molecule has 0 bridgehead atoms. The van der Waals surface area contributed by atoms with Crippen LogP contribution in [0.1, 0.15) is 52.2 Å². The SMILES string of the molecule is C=C1OC2=CC(=O)C(C)(C)[C@@H](CC(=O)OC)[C@]2(C)[C@]12C[C@@H](O)[C@]1(C)C2=CC(=O)O[C@H]1c1ccoc1. The molecule has 1 aromatic heterocycles. The molecule has 1 spiro atoms. The van der Waals surface area contributed by atoms with E-state index >= 15 is 0 Å². The van der Waals surface area contributed by atoms with Gasteiger partial charge in [0.1, 0.15) is 17.6 Å². The number of allylic oxidation sites excluding steroid dienone is 3. The molecule has 0 radical (unpaired) electrons. The number of carbonyl (C=O) groups excluding carboxylic acids is 3. The van der Waals surface area contributed by atoms with Crippen LogP contribution in [0.3, 0.4) is 0 Å². The van der Waals surface area contributed by atoms with Gasteiger partial charge in [-0.05, 0) is 30.9 Å². The van der Waals surface area contributed by atoms with Gasteiger partial charge in [-0.25, -0.2) is 4.79 Å². The molecule has 0 unspecified atom stereocenters. The maximum atomic E-state index is 13.2. The lowest BCUT2D eigenvalue weighted by Crippen LogP contribution is -2.54. The number of ketones is 1. The van der Waals surface area contributed by atoms with Gasteiger partial charge in [0.05, 0.1) is 43.0 Å². The van der Waals surface area contributed by atoms with E-state index in [1.807, 2.05) is 13.8 Å². The Kier molecular flexibility index (Phi) is 4.85. The van der Waals surface area contributed by atoms with Crippen LogP contribution in [0.4, 0.5) is 0 Å². The number of hydrogen-bond donors (Lipinski definition) is 1. The third-order valence-corrected chi connectivity index (χ3v) is 9.29. The van der Waals surface area contributed by atoms with E-state index in [0.717, 1.165) is 0 Å². The number of ether oxygens (including phenoxy) is 3. The van der Waals surface area contributed by atoms with Gasteiger partial charge < -0.3 is 23.7 Å². The van der Waals surface area contributed by atoms with Gasteiger partial charge in [0.15, 0.2) is 5.78 Å². The second kappa shape index (κ2) is 7.20. The lowest BCUT2D eigenvalue weighted by Gasteiger charge is -2.53. The molecule has 2 aliphatic carbocycles. The summed E-state index contributed by atoms with van der Waals surface area (Å²) in [6.07, 6.45) is 4.27. The minimum atomic E-state index is -1.06. The third-order valence-electron chi connectivity index (χ3n) is 9.29. The number of carbonyl (C=O) groups is 3. The third kappa shape index (κ3) is 2.69. The van der Waals surface area contributed by atoms with Crippen LogP contribution in [0.2, 0.25) is 0 Å². The number of aliphatic hydroxyl groups is 1. The number of esters is 2. The molecule has 8 nitrogen and oxygen atoms in total. The Hall–Kier alpha value is -3.13. The van der Waals surface area contributed by atoms with Gasteiger partial charge in [0, 0.05) is 28.5 Å². The summed E-state index contributed by atoms with van der Waals surface area (Å²) in [5, 5.41) is 11.6. The molecule has 6 atom stereocenters. The van der Waals surface area contributed by atoms with Crippen molar-refractivity contribution in [3.8, 4) is 0 Å². The summed E-state index contributed by atoms with van der Waals surface area (Å²) in [6.45, 7) is 11.6. The Labute approximate surface area is 203 Å². The smallest absolute Gasteiger partial charge is 0.331 e. The van der Waals surface area contributed by atoms with Gasteiger partial charge >= 0.3 is 11.9 Å². The summed E-state index contributed by atoms with van der Waals surface area (Å²) < 4.78 is 22.2. The largest absolute Gasteiger partial charge is 0.472 e. The van der Waals surface area contributed by atoms with Crippen molar-refractivity contribution in [2.24, 2.45) is 27.6 Å². The molecular weight excluding hydrogens is 452 g/mol. The van der Waals surface area contributed by atoms with Crippen molar-refractivity contribution in [3.05, 3.63) is 60.0 Å². The summed E-state index contributed by atoms with van der Waals surface area (Å²) in [4.78, 5) is 38.7. The van der Waals surface area contributed by atoms with Gasteiger partial charge in [0.25, 0.3) is 0 Å². The fourth-order valence-corrected chi connectivity index (χ4v) is 7.21. The van der Waals surface area contributed by atoms with Crippen molar-refractivity contribution in [2.45, 2.75) is 52.7 Å². The predicted molar refractivity (Wildman–Crippen MR) is 122 cm³/mol. The van der Waals surface area contributed by atoms with Crippen molar-refractivity contribution < 1.29 is 38.1 Å². The molecule has 1 saturated heterocycles. The predicted octanol–water partition coefficient (Wildman–Crippen LogP) is 3.78. The molecule has 1 saturated carbocycles. The highest BCUT2D eigenvalue weighted by Crippen LogP contribution is 2.77. The maximum Gasteiger partial charge on any atom is 0.331 e. The molecule has 3 heterocycles. The number of cyclic esters (lactones) is 1. The van der Waals surface area contributed by atoms with Crippen LogP contribution in [0.5, 0.6) is 0 Å². The van der Waals surface area contributed by atoms with Crippen molar-refractivity contribution in [1.29, 1.82) is 0 Å². The number of furan rings is 1. The van der Waals surface area contributed by atoms with Gasteiger partial charge in [0.2, 0.25) is 0 Å². The number of fused-ring (bicyclic) bond motifs is 4. The van der Waals surface area contributed by atoms with Crippen molar-refractivity contribution in [2.75, 3.05) is 7.11 Å². The maximum absolute atomic E-state index is 13.2. The van der Waals surface area contributed by atoms with Crippen molar-refractivity contribution in [1.82, 2.24) is 0 Å². The zero-order chi connectivity index (χ0) is 25.6. The van der Waals surface area contributed by atoms with Crippen molar-refractivity contribution in [3.63, 3.8) is 0 Å². The fraction of sp³-hybridized carbons (Fsp3) is 0.519. The fourth-order valence-electron chi connectivity index (χ4n) is 7.21. The Morgan fingerprint density at radius 1 is 1.23 bits per heavy atom. The summed E-state index contributed by atoms with van der Waals surface area (Å²) in [5.74, 6) is -1.02. The number of hydrogen-bond acceptors (Lipinski definition) is 8. The molecule has 2 aliphatic heterocycles. The molecule has 5 rings (SSSR count). The van der Waals surface area contributed by atoms with Crippen LogP contribution < -0.4 is 0 Å². The first-order valence-corrected chi connectivity index (χ1v) is 11.7. The summed E-state index contributed by atoms with van der Waals surface area (Å²) in [6, 6.07) is 1.71. The molecule has 2 fully saturated rings. The quantitative estimate of drug-likeness (QED) is 0.648. The highest BCUT2D eigenvalue weighted by molar-refractivity contribution is 5.97. The van der Waals surface area contributed by atoms with Crippen LogP contribution in [0.15, 0.2) is 58.8 Å². The van der Waals surface area contributed by atoms with Gasteiger partial charge in [-0.2, -0.15) is 0 Å². The van der Waals surface area contributed by atoms with Gasteiger partial charge in [-0.3, -0.25) is 9.59 Å². The second-order valence-corrected chi connectivity index (χ2v) is 11.0. The van der Waals surface area contributed by atoms with Crippen LogP contribution in [0, 0.1) is 27.6 Å². The van der Waals surface area contributed by atoms with Crippen molar-refractivity contribution >= 4 is 17.7 Å². The molecule has 1 N–H and O–H groups in total. The summed E-state index contributed by atoms with van der Waals surface area (Å²) >= 11 is 0. The van der Waals surface area contributed by atoms with Crippen LogP contribution >= 0.6 is 0 Å². The second-order valence-electron chi connectivity index (χ2n) is 11.0. The zero-order valence-corrected chi connectivity index (χ0v) is 20.5. The first-order chi connectivity index (χ1) is 16.3. The van der Waals surface area contributed by atoms with E-state index in [9.17, 15) is 19.5 Å². The zero-order valence-electron chi connectivity index (χ0n) is 20.5. The number of methoxy groups -OCH3 is 1. The molecule has 1 aromatic rings. The molecule has 4 aliphatic rings. The lowest BCUT2D eigenvalue weighted by atomic mass is 9.46. The Morgan fingerprint density at radius 3 is 2.57 bits per heavy atom. The summed E-state index contributed by atoms with van der Waals surface area (Å²) in [5.41, 5.74) is -2.76. The van der Waals surface area contributed by atoms with E-state index in [-0.39, 0.29) is 18.6 Å². The van der Waals surface area contributed by atoms with Gasteiger partial charge in [-0.1, -0.05) is 27.4 Å². The molecule has 186 valence electrons. The first-order valence-electron chi connectivity index (χ1n) is 11.7. The molecule has 8 heteroatoms. The van der Waals surface area contributed by atoms with Crippen LogP contribution in [0.25, 0.3) is 0 Å². The Morgan fingerprint density at radius 2 is 1.94 bits per heavy atom. The van der Waals surface area contributed by atoms with E-state index in [0.29, 0.717) is 22.7 Å². The Bertz CT molecular complexity index is 1200. The monoisotopic (exact) mass is 482 g/mol. The number of aliphatic hydroxyl groups excluding tert-OH is 1. The first kappa shape index (κ1) is 23.6. The highest BCUT2D eigenvalue weighted by atomic mass is 16.5. The summed E-state index contributed by atoms with van der Waals surface area (Å²) in [7, 11) is 1.31. The highest BCUT2D eigenvalue weighted by Gasteiger charge is 2.76. The molecule has 0 aromatic carbocycles. The van der Waals surface area contributed by atoms with Crippen LogP contribution in [-0.4, -0.2) is 36.0 Å². The molecule has 0 amide bonds. The minimum absolute atomic E-state index is 0.0445. The lowest BCUT2D eigenvalue weighted by molar-refractivity contribution is -0.156. The van der Waals surface area contributed by atoms with Gasteiger partial charge in [-0.15, -0.1) is 0 Å². The molecule has 35 heavy (non-hydrogen) atoms. The number of rotatable bonds is 3. The van der Waals surface area contributed by atoms with E-state index in [4.69, 9.17) is 18.6 Å². The standard InChI is InChI=1S/C27H30O8/c1-14-27(26(5)16(9-21(30)32-6)24(2,3)18(28)11-20(26)34-14)12-19(29)25(4)17(27)10-22(31)35-23(25)15-7-8-33-13-15/h7-8,10-11,13,16,19,23,29H,1,9,12H2,2-6H3/t16-,19-,23+,25+,26+,27-/m1/s1. The van der Waals surface area contributed by atoms with E-state index < -0.39 is 51.7 Å². The van der Waals surface area contributed by atoms with E-state index in [2.05, 4.69) is 6.58 Å². The average Bonchev–Trinajstić information content (AvgIpc) is 3.46. The Balaban J connectivity index is 1.77. The normalized spacial score (nSPS) is 39.4. The minimum Gasteiger partial charge on any atom is -0.472 e. The molecular formula is C27H30O8.